The lowest BCUT2D eigenvalue weighted by Gasteiger charge is -2.16. The maximum Gasteiger partial charge on any atom is 0.335 e. The highest BCUT2D eigenvalue weighted by molar-refractivity contribution is 14.1. The molecule has 0 spiro atoms. The number of carbonyl (C=O) groups is 1. The molecule has 0 atom stereocenters. The average molecular weight is 548 g/mol. The minimum Gasteiger partial charge on any atom is -0.490 e. The smallest absolute Gasteiger partial charge is 0.335 e. The minimum atomic E-state index is -0.976. The van der Waals surface area contributed by atoms with E-state index in [0.29, 0.717) is 30.3 Å². The van der Waals surface area contributed by atoms with Crippen LogP contribution in [0.1, 0.15) is 28.4 Å². The molecule has 9 heteroatoms. The summed E-state index contributed by atoms with van der Waals surface area (Å²) in [6.07, 6.45) is 0. The Morgan fingerprint density at radius 2 is 1.84 bits per heavy atom. The van der Waals surface area contributed by atoms with Gasteiger partial charge in [-0.3, -0.25) is 10.1 Å². The van der Waals surface area contributed by atoms with Crippen molar-refractivity contribution in [3.05, 3.63) is 91.0 Å². The first-order valence-corrected chi connectivity index (χ1v) is 10.8. The number of nitro groups is 1. The molecule has 0 bridgehead atoms. The summed E-state index contributed by atoms with van der Waals surface area (Å²) in [7, 11) is 0. The van der Waals surface area contributed by atoms with E-state index in [1.54, 1.807) is 30.3 Å². The predicted octanol–water partition coefficient (Wildman–Crippen LogP) is 5.49. The number of nitrogens with one attached hydrogen (secondary N) is 1. The highest BCUT2D eigenvalue weighted by atomic mass is 127. The fraction of sp³-hybridized carbons (Fsp3) is 0.174. The number of rotatable bonds is 10. The predicted molar refractivity (Wildman–Crippen MR) is 128 cm³/mol. The largest absolute Gasteiger partial charge is 0.490 e. The van der Waals surface area contributed by atoms with Crippen LogP contribution in [-0.4, -0.2) is 22.6 Å². The van der Waals surface area contributed by atoms with Crippen LogP contribution >= 0.6 is 22.6 Å². The Balaban J connectivity index is 1.73. The number of aromatic carboxylic acids is 1. The molecule has 0 fully saturated rings. The van der Waals surface area contributed by atoms with E-state index in [4.69, 9.17) is 14.6 Å². The molecule has 3 rings (SSSR count). The van der Waals surface area contributed by atoms with Crippen molar-refractivity contribution in [1.29, 1.82) is 0 Å². The molecule has 3 aromatic rings. The third kappa shape index (κ3) is 6.10. The highest BCUT2D eigenvalue weighted by Gasteiger charge is 2.14. The van der Waals surface area contributed by atoms with E-state index in [0.717, 1.165) is 14.7 Å². The molecule has 0 aliphatic rings. The number of nitrogens with zero attached hydrogens (tertiary/aromatic N) is 1. The van der Waals surface area contributed by atoms with Crippen LogP contribution in [0.3, 0.4) is 0 Å². The second kappa shape index (κ2) is 10.8. The van der Waals surface area contributed by atoms with Crippen LogP contribution in [0.25, 0.3) is 0 Å². The van der Waals surface area contributed by atoms with Gasteiger partial charge in [-0.2, -0.15) is 0 Å². The third-order valence-electron chi connectivity index (χ3n) is 4.51. The number of halogens is 1. The van der Waals surface area contributed by atoms with Crippen LogP contribution in [0.5, 0.6) is 11.5 Å². The van der Waals surface area contributed by atoms with Gasteiger partial charge in [0, 0.05) is 24.4 Å². The molecule has 3 aromatic carbocycles. The number of carboxylic acid groups (broad SMARTS) is 1. The highest BCUT2D eigenvalue weighted by Crippen LogP contribution is 2.35. The molecule has 0 aromatic heterocycles. The SMILES string of the molecule is CCOc1cc(CNc2cccc(C(=O)O)c2)cc(I)c1OCc1ccc([N+](=O)[O-])cc1. The zero-order valence-corrected chi connectivity index (χ0v) is 19.4. The summed E-state index contributed by atoms with van der Waals surface area (Å²) in [4.78, 5) is 21.5. The molecule has 0 saturated carbocycles. The Bertz CT molecular complexity index is 1120. The van der Waals surface area contributed by atoms with Crippen LogP contribution in [0.4, 0.5) is 11.4 Å². The number of benzene rings is 3. The molecular formula is C23H21IN2O6. The van der Waals surface area contributed by atoms with Gasteiger partial charge in [-0.25, -0.2) is 4.79 Å². The normalized spacial score (nSPS) is 10.4. The summed E-state index contributed by atoms with van der Waals surface area (Å²) in [5, 5.41) is 23.2. The van der Waals surface area contributed by atoms with Gasteiger partial charge in [-0.05, 0) is 83.1 Å². The summed E-state index contributed by atoms with van der Waals surface area (Å²) in [6, 6.07) is 16.7. The number of ether oxygens (including phenoxy) is 2. The number of hydrogen-bond donors (Lipinski definition) is 2. The van der Waals surface area contributed by atoms with Crippen LogP contribution < -0.4 is 14.8 Å². The molecule has 0 radical (unpaired) electrons. The molecule has 0 saturated heterocycles. The molecule has 0 unspecified atom stereocenters. The topological polar surface area (TPSA) is 111 Å². The van der Waals surface area contributed by atoms with Crippen LogP contribution in [0.2, 0.25) is 0 Å². The number of nitro benzene ring substituents is 1. The van der Waals surface area contributed by atoms with Crippen molar-refractivity contribution >= 4 is 39.9 Å². The Morgan fingerprint density at radius 3 is 2.50 bits per heavy atom. The van der Waals surface area contributed by atoms with Gasteiger partial charge < -0.3 is 19.9 Å². The summed E-state index contributed by atoms with van der Waals surface area (Å²) in [5.41, 5.74) is 2.70. The molecule has 166 valence electrons. The van der Waals surface area contributed by atoms with Gasteiger partial charge >= 0.3 is 5.97 Å². The van der Waals surface area contributed by atoms with Crippen LogP contribution in [0, 0.1) is 13.7 Å². The molecule has 2 N–H and O–H groups in total. The third-order valence-corrected chi connectivity index (χ3v) is 5.31. The van der Waals surface area contributed by atoms with E-state index in [-0.39, 0.29) is 17.9 Å². The lowest BCUT2D eigenvalue weighted by atomic mass is 10.1. The zero-order valence-electron chi connectivity index (χ0n) is 17.2. The van der Waals surface area contributed by atoms with E-state index in [1.807, 2.05) is 25.1 Å². The molecule has 8 nitrogen and oxygen atoms in total. The van der Waals surface area contributed by atoms with Crippen molar-refractivity contribution in [1.82, 2.24) is 0 Å². The van der Waals surface area contributed by atoms with Crippen molar-refractivity contribution in [3.63, 3.8) is 0 Å². The molecule has 32 heavy (non-hydrogen) atoms. The number of carboxylic acids is 1. The first kappa shape index (κ1) is 23.3. The van der Waals surface area contributed by atoms with Crippen molar-refractivity contribution in [2.24, 2.45) is 0 Å². The lowest BCUT2D eigenvalue weighted by molar-refractivity contribution is -0.384. The number of non-ortho nitro benzene ring substituents is 1. The summed E-state index contributed by atoms with van der Waals surface area (Å²) in [6.45, 7) is 3.06. The van der Waals surface area contributed by atoms with E-state index in [9.17, 15) is 14.9 Å². The van der Waals surface area contributed by atoms with E-state index >= 15 is 0 Å². The van der Waals surface area contributed by atoms with Crippen molar-refractivity contribution in [2.75, 3.05) is 11.9 Å². The first-order valence-electron chi connectivity index (χ1n) is 9.76. The van der Waals surface area contributed by atoms with Crippen molar-refractivity contribution < 1.29 is 24.3 Å². The molecule has 0 aliphatic heterocycles. The summed E-state index contributed by atoms with van der Waals surface area (Å²) < 4.78 is 12.6. The fourth-order valence-electron chi connectivity index (χ4n) is 2.96. The van der Waals surface area contributed by atoms with Crippen LogP contribution in [-0.2, 0) is 13.2 Å². The average Bonchev–Trinajstić information content (AvgIpc) is 2.78. The Kier molecular flexibility index (Phi) is 7.87. The van der Waals surface area contributed by atoms with Gasteiger partial charge in [0.2, 0.25) is 0 Å². The monoisotopic (exact) mass is 548 g/mol. The van der Waals surface area contributed by atoms with Gasteiger partial charge in [-0.15, -0.1) is 0 Å². The van der Waals surface area contributed by atoms with Gasteiger partial charge in [0.05, 0.1) is 20.7 Å². The Hall–Kier alpha value is -3.34. The van der Waals surface area contributed by atoms with E-state index in [2.05, 4.69) is 27.9 Å². The molecule has 0 heterocycles. The summed E-state index contributed by atoms with van der Waals surface area (Å²) in [5.74, 6) is 0.219. The number of hydrogen-bond acceptors (Lipinski definition) is 6. The van der Waals surface area contributed by atoms with Crippen LogP contribution in [0.15, 0.2) is 60.7 Å². The Morgan fingerprint density at radius 1 is 1.09 bits per heavy atom. The zero-order chi connectivity index (χ0) is 23.1. The first-order chi connectivity index (χ1) is 15.4. The van der Waals surface area contributed by atoms with E-state index < -0.39 is 10.9 Å². The molecular weight excluding hydrogens is 527 g/mol. The maximum atomic E-state index is 11.1. The maximum absolute atomic E-state index is 11.1. The van der Waals surface area contributed by atoms with Gasteiger partial charge in [0.25, 0.3) is 5.69 Å². The number of anilines is 1. The second-order valence-electron chi connectivity index (χ2n) is 6.79. The van der Waals surface area contributed by atoms with Gasteiger partial charge in [0.15, 0.2) is 11.5 Å². The standard InChI is InChI=1S/C23H21IN2O6/c1-2-31-21-11-16(13-25-18-5-3-4-17(12-18)23(27)28)10-20(24)22(21)32-14-15-6-8-19(9-7-15)26(29)30/h3-12,25H,2,13-14H2,1H3,(H,27,28). The van der Waals surface area contributed by atoms with Crippen molar-refractivity contribution in [2.45, 2.75) is 20.1 Å². The van der Waals surface area contributed by atoms with E-state index in [1.165, 1.54) is 12.1 Å². The second-order valence-corrected chi connectivity index (χ2v) is 7.95. The molecule has 0 aliphatic carbocycles. The Labute approximate surface area is 198 Å². The quantitative estimate of drug-likeness (QED) is 0.196. The van der Waals surface area contributed by atoms with Crippen molar-refractivity contribution in [3.8, 4) is 11.5 Å². The van der Waals surface area contributed by atoms with Gasteiger partial charge in [0.1, 0.15) is 6.61 Å². The van der Waals surface area contributed by atoms with Gasteiger partial charge in [-0.1, -0.05) is 6.07 Å². The summed E-state index contributed by atoms with van der Waals surface area (Å²) >= 11 is 2.18. The fourth-order valence-corrected chi connectivity index (χ4v) is 3.78. The minimum absolute atomic E-state index is 0.0316. The molecule has 0 amide bonds. The lowest BCUT2D eigenvalue weighted by Crippen LogP contribution is -2.05.